The number of para-hydroxylation sites is 2. The second-order valence-corrected chi connectivity index (χ2v) is 6.16. The number of ketones is 1. The standard InChI is InChI=1S/C22H17NO6/c1-15-13-17(22(25)16-7-3-2-4-8-16)11-12-19(15)29-21(24)14-28-20-10-6-5-9-18(20)23(26)27/h2-13H,14H2,1H3. The highest BCUT2D eigenvalue weighted by Crippen LogP contribution is 2.26. The van der Waals surface area contributed by atoms with Crippen molar-refractivity contribution in [1.29, 1.82) is 0 Å². The first kappa shape index (κ1) is 19.8. The number of nitrogens with zero attached hydrogens (tertiary/aromatic N) is 1. The minimum absolute atomic E-state index is 0.0185. The van der Waals surface area contributed by atoms with Gasteiger partial charge in [0, 0.05) is 17.2 Å². The number of aryl methyl sites for hydroxylation is 1. The maximum atomic E-state index is 12.5. The Bertz CT molecular complexity index is 1060. The van der Waals surface area contributed by atoms with Gasteiger partial charge in [-0.05, 0) is 36.8 Å². The zero-order valence-electron chi connectivity index (χ0n) is 15.5. The van der Waals surface area contributed by atoms with Gasteiger partial charge in [-0.3, -0.25) is 14.9 Å². The number of nitro benzene ring substituents is 1. The zero-order valence-corrected chi connectivity index (χ0v) is 15.5. The van der Waals surface area contributed by atoms with Crippen LogP contribution in [0.3, 0.4) is 0 Å². The molecule has 0 aliphatic heterocycles. The van der Waals surface area contributed by atoms with Gasteiger partial charge in [0.05, 0.1) is 4.92 Å². The lowest BCUT2D eigenvalue weighted by molar-refractivity contribution is -0.385. The van der Waals surface area contributed by atoms with Crippen LogP contribution in [0.2, 0.25) is 0 Å². The van der Waals surface area contributed by atoms with Gasteiger partial charge in [0.1, 0.15) is 5.75 Å². The van der Waals surface area contributed by atoms with Crippen molar-refractivity contribution in [3.05, 3.63) is 99.6 Å². The number of esters is 1. The van der Waals surface area contributed by atoms with E-state index >= 15 is 0 Å². The van der Waals surface area contributed by atoms with Gasteiger partial charge in [0.25, 0.3) is 0 Å². The molecule has 0 aliphatic rings. The van der Waals surface area contributed by atoms with Gasteiger partial charge in [-0.2, -0.15) is 0 Å². The fourth-order valence-corrected chi connectivity index (χ4v) is 2.68. The van der Waals surface area contributed by atoms with Crippen LogP contribution in [0.15, 0.2) is 72.8 Å². The maximum Gasteiger partial charge on any atom is 0.349 e. The van der Waals surface area contributed by atoms with Gasteiger partial charge >= 0.3 is 11.7 Å². The Hall–Kier alpha value is -4.00. The Morgan fingerprint density at radius 3 is 2.28 bits per heavy atom. The van der Waals surface area contributed by atoms with Gasteiger partial charge in [-0.1, -0.05) is 42.5 Å². The van der Waals surface area contributed by atoms with E-state index in [2.05, 4.69) is 0 Å². The first-order valence-corrected chi connectivity index (χ1v) is 8.73. The fourth-order valence-electron chi connectivity index (χ4n) is 2.68. The Morgan fingerprint density at radius 2 is 1.59 bits per heavy atom. The SMILES string of the molecule is Cc1cc(C(=O)c2ccccc2)ccc1OC(=O)COc1ccccc1[N+](=O)[O-]. The van der Waals surface area contributed by atoms with E-state index in [0.717, 1.165) is 0 Å². The molecule has 0 saturated carbocycles. The van der Waals surface area contributed by atoms with E-state index in [1.165, 1.54) is 24.3 Å². The Labute approximate surface area is 166 Å². The van der Waals surface area contributed by atoms with Crippen LogP contribution in [0.5, 0.6) is 11.5 Å². The van der Waals surface area contributed by atoms with Crippen LogP contribution in [0.4, 0.5) is 5.69 Å². The van der Waals surface area contributed by atoms with Crippen molar-refractivity contribution in [2.75, 3.05) is 6.61 Å². The number of rotatable bonds is 7. The molecule has 0 amide bonds. The number of nitro groups is 1. The van der Waals surface area contributed by atoms with Gasteiger partial charge in [-0.25, -0.2) is 4.79 Å². The van der Waals surface area contributed by atoms with Crippen molar-refractivity contribution in [2.45, 2.75) is 6.92 Å². The summed E-state index contributed by atoms with van der Waals surface area (Å²) >= 11 is 0. The molecule has 0 fully saturated rings. The molecule has 0 spiro atoms. The monoisotopic (exact) mass is 391 g/mol. The van der Waals surface area contributed by atoms with Crippen molar-refractivity contribution in [1.82, 2.24) is 0 Å². The van der Waals surface area contributed by atoms with Crippen LogP contribution in [-0.2, 0) is 4.79 Å². The molecule has 146 valence electrons. The third-order valence-corrected chi connectivity index (χ3v) is 4.10. The average molecular weight is 391 g/mol. The summed E-state index contributed by atoms with van der Waals surface area (Å²) in [5.74, 6) is -0.583. The summed E-state index contributed by atoms with van der Waals surface area (Å²) in [4.78, 5) is 35.0. The van der Waals surface area contributed by atoms with Crippen LogP contribution in [0.25, 0.3) is 0 Å². The first-order valence-electron chi connectivity index (χ1n) is 8.73. The molecule has 0 N–H and O–H groups in total. The molecule has 0 saturated heterocycles. The number of carbonyl (C=O) groups is 2. The Balaban J connectivity index is 1.65. The van der Waals surface area contributed by atoms with E-state index in [9.17, 15) is 19.7 Å². The first-order chi connectivity index (χ1) is 14.0. The second kappa shape index (κ2) is 8.79. The van der Waals surface area contributed by atoms with E-state index in [4.69, 9.17) is 9.47 Å². The lowest BCUT2D eigenvalue weighted by Gasteiger charge is -2.10. The largest absolute Gasteiger partial charge is 0.475 e. The zero-order chi connectivity index (χ0) is 20.8. The summed E-state index contributed by atoms with van der Waals surface area (Å²) < 4.78 is 10.5. The normalized spacial score (nSPS) is 10.2. The molecule has 0 aliphatic carbocycles. The summed E-state index contributed by atoms with van der Waals surface area (Å²) in [6, 6.07) is 19.4. The highest BCUT2D eigenvalue weighted by atomic mass is 16.6. The summed E-state index contributed by atoms with van der Waals surface area (Å²) in [7, 11) is 0. The molecule has 7 nitrogen and oxygen atoms in total. The molecular weight excluding hydrogens is 374 g/mol. The smallest absolute Gasteiger partial charge is 0.349 e. The molecule has 3 aromatic rings. The lowest BCUT2D eigenvalue weighted by Crippen LogP contribution is -2.18. The Kier molecular flexibility index (Phi) is 5.99. The van der Waals surface area contributed by atoms with Crippen molar-refractivity contribution >= 4 is 17.4 Å². The summed E-state index contributed by atoms with van der Waals surface area (Å²) in [5.41, 5.74) is 1.41. The van der Waals surface area contributed by atoms with Crippen LogP contribution < -0.4 is 9.47 Å². The van der Waals surface area contributed by atoms with Gasteiger partial charge in [-0.15, -0.1) is 0 Å². The predicted molar refractivity (Wildman–Crippen MR) is 105 cm³/mol. The van der Waals surface area contributed by atoms with E-state index in [0.29, 0.717) is 16.7 Å². The molecule has 29 heavy (non-hydrogen) atoms. The van der Waals surface area contributed by atoms with Crippen LogP contribution in [0, 0.1) is 17.0 Å². The van der Waals surface area contributed by atoms with Gasteiger partial charge in [0.2, 0.25) is 0 Å². The molecule has 0 bridgehead atoms. The fraction of sp³-hybridized carbons (Fsp3) is 0.0909. The van der Waals surface area contributed by atoms with Crippen LogP contribution in [0.1, 0.15) is 21.5 Å². The second-order valence-electron chi connectivity index (χ2n) is 6.16. The molecule has 3 aromatic carbocycles. The van der Waals surface area contributed by atoms with Gasteiger partial charge < -0.3 is 9.47 Å². The number of carbonyl (C=O) groups excluding carboxylic acids is 2. The van der Waals surface area contributed by atoms with Gasteiger partial charge in [0.15, 0.2) is 18.1 Å². The van der Waals surface area contributed by atoms with E-state index in [1.54, 1.807) is 49.4 Å². The van der Waals surface area contributed by atoms with Crippen molar-refractivity contribution < 1.29 is 24.0 Å². The average Bonchev–Trinajstić information content (AvgIpc) is 2.74. The number of benzene rings is 3. The summed E-state index contributed by atoms with van der Waals surface area (Å²) in [6.07, 6.45) is 0. The third-order valence-electron chi connectivity index (χ3n) is 4.10. The minimum atomic E-state index is -0.714. The number of ether oxygens (including phenoxy) is 2. The van der Waals surface area contributed by atoms with Crippen molar-refractivity contribution in [3.8, 4) is 11.5 Å². The molecular formula is C22H17NO6. The Morgan fingerprint density at radius 1 is 0.897 bits per heavy atom. The van der Waals surface area contributed by atoms with Crippen molar-refractivity contribution in [3.63, 3.8) is 0 Å². The van der Waals surface area contributed by atoms with Crippen LogP contribution >= 0.6 is 0 Å². The molecule has 0 unspecified atom stereocenters. The molecule has 7 heteroatoms. The predicted octanol–water partition coefficient (Wildman–Crippen LogP) is 4.12. The molecule has 0 radical (unpaired) electrons. The van der Waals surface area contributed by atoms with E-state index < -0.39 is 17.5 Å². The molecule has 0 aromatic heterocycles. The van der Waals surface area contributed by atoms with E-state index in [-0.39, 0.29) is 23.0 Å². The molecule has 0 atom stereocenters. The number of hydrogen-bond acceptors (Lipinski definition) is 6. The minimum Gasteiger partial charge on any atom is -0.475 e. The molecule has 0 heterocycles. The topological polar surface area (TPSA) is 95.7 Å². The lowest BCUT2D eigenvalue weighted by atomic mass is 10.0. The maximum absolute atomic E-state index is 12.5. The highest BCUT2D eigenvalue weighted by molar-refractivity contribution is 6.09. The third kappa shape index (κ3) is 4.84. The van der Waals surface area contributed by atoms with Crippen molar-refractivity contribution in [2.24, 2.45) is 0 Å². The molecule has 3 rings (SSSR count). The quantitative estimate of drug-likeness (QED) is 0.198. The van der Waals surface area contributed by atoms with Crippen LogP contribution in [-0.4, -0.2) is 23.3 Å². The summed E-state index contributed by atoms with van der Waals surface area (Å²) in [6.45, 7) is 1.22. The van der Waals surface area contributed by atoms with E-state index in [1.807, 2.05) is 6.07 Å². The number of hydrogen-bond donors (Lipinski definition) is 0. The highest BCUT2D eigenvalue weighted by Gasteiger charge is 2.17. The summed E-state index contributed by atoms with van der Waals surface area (Å²) in [5, 5.41) is 11.0.